The number of carbonyl (C=O) groups excluding carboxylic acids is 1. The lowest BCUT2D eigenvalue weighted by Crippen LogP contribution is -2.19. The zero-order valence-corrected chi connectivity index (χ0v) is 12.4. The third-order valence-corrected chi connectivity index (χ3v) is 4.75. The summed E-state index contributed by atoms with van der Waals surface area (Å²) in [6.07, 6.45) is 0. The van der Waals surface area contributed by atoms with Crippen LogP contribution in [0.15, 0.2) is 30.3 Å². The van der Waals surface area contributed by atoms with E-state index in [0.717, 1.165) is 11.3 Å². The van der Waals surface area contributed by atoms with E-state index in [1.165, 1.54) is 7.11 Å². The van der Waals surface area contributed by atoms with Crippen LogP contribution in [0.1, 0.15) is 32.3 Å². The van der Waals surface area contributed by atoms with Gasteiger partial charge in [-0.3, -0.25) is 4.79 Å². The third kappa shape index (κ3) is 4.37. The molecule has 100 valence electrons. The number of ether oxygens (including phenoxy) is 1. The summed E-state index contributed by atoms with van der Waals surface area (Å²) in [7, 11) is 1.45. The molecule has 0 bridgehead atoms. The summed E-state index contributed by atoms with van der Waals surface area (Å²) in [5.41, 5.74) is 1.04. The van der Waals surface area contributed by atoms with Crippen LogP contribution in [0.5, 0.6) is 0 Å². The summed E-state index contributed by atoms with van der Waals surface area (Å²) in [4.78, 5) is 11.9. The van der Waals surface area contributed by atoms with E-state index in [0.29, 0.717) is 11.2 Å². The van der Waals surface area contributed by atoms with Gasteiger partial charge < -0.3 is 4.74 Å². The van der Waals surface area contributed by atoms with Gasteiger partial charge in [-0.2, -0.15) is 11.8 Å². The number of esters is 1. The Morgan fingerprint density at radius 2 is 1.83 bits per heavy atom. The van der Waals surface area contributed by atoms with E-state index >= 15 is 0 Å². The van der Waals surface area contributed by atoms with E-state index in [2.05, 4.69) is 20.8 Å². The normalized spacial score (nSPS) is 14.3. The first-order valence-corrected chi connectivity index (χ1v) is 7.35. The summed E-state index contributed by atoms with van der Waals surface area (Å²) in [5, 5.41) is 0.542. The monoisotopic (exact) mass is 266 g/mol. The van der Waals surface area contributed by atoms with E-state index in [9.17, 15) is 4.79 Å². The number of hydrogen-bond donors (Lipinski definition) is 0. The molecular weight excluding hydrogens is 244 g/mol. The molecule has 2 unspecified atom stereocenters. The van der Waals surface area contributed by atoms with Gasteiger partial charge in [-0.15, -0.1) is 0 Å². The largest absolute Gasteiger partial charge is 0.469 e. The second-order valence-electron chi connectivity index (χ2n) is 4.77. The summed E-state index contributed by atoms with van der Waals surface area (Å²) in [6.45, 7) is 6.61. The standard InChI is InChI=1S/C15H22O2S/c1-11(2)12(3)18-10-14(15(16)17-4)13-8-6-5-7-9-13/h5-9,11-12,14H,10H2,1-4H3. The number of benzene rings is 1. The summed E-state index contributed by atoms with van der Waals surface area (Å²) in [5.74, 6) is 1.08. The first kappa shape index (κ1) is 15.1. The fourth-order valence-corrected chi connectivity index (χ4v) is 2.78. The molecule has 0 radical (unpaired) electrons. The molecule has 1 aromatic rings. The van der Waals surface area contributed by atoms with Gasteiger partial charge in [0.2, 0.25) is 0 Å². The lowest BCUT2D eigenvalue weighted by Gasteiger charge is -2.19. The number of carbonyl (C=O) groups is 1. The average molecular weight is 266 g/mol. The predicted molar refractivity (Wildman–Crippen MR) is 78.0 cm³/mol. The predicted octanol–water partition coefficient (Wildman–Crippen LogP) is 3.72. The molecule has 18 heavy (non-hydrogen) atoms. The number of thioether (sulfide) groups is 1. The van der Waals surface area contributed by atoms with E-state index in [-0.39, 0.29) is 11.9 Å². The second-order valence-corrected chi connectivity index (χ2v) is 6.18. The molecule has 1 rings (SSSR count). The van der Waals surface area contributed by atoms with E-state index in [1.807, 2.05) is 42.1 Å². The summed E-state index contributed by atoms with van der Waals surface area (Å²) in [6, 6.07) is 9.86. The zero-order chi connectivity index (χ0) is 13.5. The van der Waals surface area contributed by atoms with Crippen molar-refractivity contribution in [2.75, 3.05) is 12.9 Å². The highest BCUT2D eigenvalue weighted by Gasteiger charge is 2.22. The van der Waals surface area contributed by atoms with E-state index in [4.69, 9.17) is 4.74 Å². The van der Waals surface area contributed by atoms with Crippen molar-refractivity contribution in [3.8, 4) is 0 Å². The van der Waals surface area contributed by atoms with Gasteiger partial charge in [-0.25, -0.2) is 0 Å². The van der Waals surface area contributed by atoms with Gasteiger partial charge in [-0.1, -0.05) is 51.1 Å². The molecule has 0 aliphatic rings. The van der Waals surface area contributed by atoms with Crippen molar-refractivity contribution in [3.63, 3.8) is 0 Å². The minimum Gasteiger partial charge on any atom is -0.469 e. The highest BCUT2D eigenvalue weighted by atomic mass is 32.2. The highest BCUT2D eigenvalue weighted by Crippen LogP contribution is 2.27. The Balaban J connectivity index is 2.72. The van der Waals surface area contributed by atoms with Crippen molar-refractivity contribution in [1.29, 1.82) is 0 Å². The Bertz CT molecular complexity index is 362. The van der Waals surface area contributed by atoms with Gasteiger partial charge in [0.1, 0.15) is 0 Å². The topological polar surface area (TPSA) is 26.3 Å². The van der Waals surface area contributed by atoms with Crippen LogP contribution in [0.3, 0.4) is 0 Å². The van der Waals surface area contributed by atoms with Gasteiger partial charge in [0.05, 0.1) is 13.0 Å². The second kappa shape index (κ2) is 7.47. The van der Waals surface area contributed by atoms with Crippen LogP contribution in [0.2, 0.25) is 0 Å². The van der Waals surface area contributed by atoms with Crippen molar-refractivity contribution in [1.82, 2.24) is 0 Å². The minimum absolute atomic E-state index is 0.148. The number of rotatable bonds is 6. The first-order valence-electron chi connectivity index (χ1n) is 6.30. The van der Waals surface area contributed by atoms with Crippen molar-refractivity contribution in [2.24, 2.45) is 5.92 Å². The van der Waals surface area contributed by atoms with Gasteiger partial charge in [0, 0.05) is 11.0 Å². The Morgan fingerprint density at radius 1 is 1.22 bits per heavy atom. The molecule has 1 aromatic carbocycles. The maximum Gasteiger partial charge on any atom is 0.313 e. The van der Waals surface area contributed by atoms with Crippen molar-refractivity contribution < 1.29 is 9.53 Å². The SMILES string of the molecule is COC(=O)C(CSC(C)C(C)C)c1ccccc1. The molecule has 0 N–H and O–H groups in total. The molecule has 2 nitrogen and oxygen atoms in total. The van der Waals surface area contributed by atoms with Gasteiger partial charge >= 0.3 is 5.97 Å². The lowest BCUT2D eigenvalue weighted by atomic mass is 10.0. The van der Waals surface area contributed by atoms with Crippen molar-refractivity contribution in [3.05, 3.63) is 35.9 Å². The molecule has 0 saturated carbocycles. The molecule has 2 atom stereocenters. The van der Waals surface area contributed by atoms with Crippen LogP contribution in [0, 0.1) is 5.92 Å². The third-order valence-electron chi connectivity index (χ3n) is 3.15. The van der Waals surface area contributed by atoms with Crippen LogP contribution in [-0.2, 0) is 9.53 Å². The fraction of sp³-hybridized carbons (Fsp3) is 0.533. The summed E-state index contributed by atoms with van der Waals surface area (Å²) < 4.78 is 4.91. The molecule has 0 saturated heterocycles. The molecule has 0 fully saturated rings. The summed E-state index contributed by atoms with van der Waals surface area (Å²) >= 11 is 1.83. The average Bonchev–Trinajstić information content (AvgIpc) is 2.39. The van der Waals surface area contributed by atoms with Crippen LogP contribution in [0.4, 0.5) is 0 Å². The van der Waals surface area contributed by atoms with Crippen molar-refractivity contribution >= 4 is 17.7 Å². The van der Waals surface area contributed by atoms with Crippen LogP contribution in [-0.4, -0.2) is 24.1 Å². The Labute approximate surface area is 114 Å². The first-order chi connectivity index (χ1) is 8.56. The van der Waals surface area contributed by atoms with Crippen LogP contribution < -0.4 is 0 Å². The molecule has 0 spiro atoms. The highest BCUT2D eigenvalue weighted by molar-refractivity contribution is 7.99. The van der Waals surface area contributed by atoms with E-state index < -0.39 is 0 Å². The quantitative estimate of drug-likeness (QED) is 0.734. The maximum absolute atomic E-state index is 11.9. The molecule has 0 aromatic heterocycles. The van der Waals surface area contributed by atoms with Gasteiger partial charge in [-0.05, 0) is 11.5 Å². The number of methoxy groups -OCH3 is 1. The van der Waals surface area contributed by atoms with Crippen LogP contribution in [0.25, 0.3) is 0 Å². The van der Waals surface area contributed by atoms with Crippen LogP contribution >= 0.6 is 11.8 Å². The minimum atomic E-state index is -0.164. The van der Waals surface area contributed by atoms with E-state index in [1.54, 1.807) is 0 Å². The Hall–Kier alpha value is -0.960. The zero-order valence-electron chi connectivity index (χ0n) is 11.6. The fourth-order valence-electron chi connectivity index (χ4n) is 1.57. The lowest BCUT2D eigenvalue weighted by molar-refractivity contribution is -0.141. The Kier molecular flexibility index (Phi) is 6.27. The molecule has 0 aliphatic carbocycles. The molecule has 0 amide bonds. The van der Waals surface area contributed by atoms with Crippen molar-refractivity contribution in [2.45, 2.75) is 31.9 Å². The molecule has 0 aliphatic heterocycles. The molecule has 0 heterocycles. The maximum atomic E-state index is 11.9. The number of hydrogen-bond acceptors (Lipinski definition) is 3. The smallest absolute Gasteiger partial charge is 0.313 e. The van der Waals surface area contributed by atoms with Gasteiger partial charge in [0.25, 0.3) is 0 Å². The Morgan fingerprint density at radius 3 is 2.33 bits per heavy atom. The molecular formula is C15H22O2S. The van der Waals surface area contributed by atoms with Gasteiger partial charge in [0.15, 0.2) is 0 Å². The molecule has 3 heteroatoms.